The normalized spacial score (nSPS) is 14.5. The van der Waals surface area contributed by atoms with Gasteiger partial charge in [-0.05, 0) is 81.7 Å². The van der Waals surface area contributed by atoms with Crippen molar-refractivity contribution in [2.45, 2.75) is 32.6 Å². The van der Waals surface area contributed by atoms with Crippen molar-refractivity contribution < 1.29 is 9.53 Å². The molecular formula is C24H28N4O2. The SMILES string of the molecule is CCOc1ccc(NC(=O)c2cnn(-c3cccc(C)c3)c2C2CCNCC2)cc1. The third-order valence-corrected chi connectivity index (χ3v) is 5.45. The Labute approximate surface area is 177 Å². The molecule has 1 aliphatic rings. The molecule has 1 fully saturated rings. The number of amides is 1. The maximum Gasteiger partial charge on any atom is 0.259 e. The number of hydrogen-bond donors (Lipinski definition) is 2. The summed E-state index contributed by atoms with van der Waals surface area (Å²) >= 11 is 0. The lowest BCUT2D eigenvalue weighted by atomic mass is 9.91. The highest BCUT2D eigenvalue weighted by molar-refractivity contribution is 6.05. The minimum atomic E-state index is -0.133. The summed E-state index contributed by atoms with van der Waals surface area (Å²) in [7, 11) is 0. The lowest BCUT2D eigenvalue weighted by molar-refractivity contribution is 0.102. The van der Waals surface area contributed by atoms with Crippen molar-refractivity contribution in [3.8, 4) is 11.4 Å². The highest BCUT2D eigenvalue weighted by Crippen LogP contribution is 2.31. The quantitative estimate of drug-likeness (QED) is 0.643. The summed E-state index contributed by atoms with van der Waals surface area (Å²) in [5, 5.41) is 11.0. The number of rotatable bonds is 6. The van der Waals surface area contributed by atoms with Crippen molar-refractivity contribution in [2.24, 2.45) is 0 Å². The van der Waals surface area contributed by atoms with Crippen LogP contribution >= 0.6 is 0 Å². The molecule has 2 heterocycles. The van der Waals surface area contributed by atoms with Gasteiger partial charge in [-0.1, -0.05) is 12.1 Å². The predicted molar refractivity (Wildman–Crippen MR) is 119 cm³/mol. The molecule has 0 bridgehead atoms. The molecule has 156 valence electrons. The number of hydrogen-bond acceptors (Lipinski definition) is 4. The van der Waals surface area contributed by atoms with Gasteiger partial charge in [-0.2, -0.15) is 5.10 Å². The summed E-state index contributed by atoms with van der Waals surface area (Å²) in [5.74, 6) is 0.945. The minimum Gasteiger partial charge on any atom is -0.494 e. The summed E-state index contributed by atoms with van der Waals surface area (Å²) in [6, 6.07) is 15.7. The zero-order valence-corrected chi connectivity index (χ0v) is 17.5. The first-order valence-corrected chi connectivity index (χ1v) is 10.6. The second-order valence-corrected chi connectivity index (χ2v) is 7.63. The molecule has 30 heavy (non-hydrogen) atoms. The number of aromatic nitrogens is 2. The molecule has 2 N–H and O–H groups in total. The standard InChI is InChI=1S/C24H28N4O2/c1-3-30-21-9-7-19(8-10-21)27-24(29)22-16-26-28(20-6-4-5-17(2)15-20)23(22)18-11-13-25-14-12-18/h4-10,15-16,18,25H,3,11-14H2,1-2H3,(H,27,29). The molecule has 6 heteroatoms. The van der Waals surface area contributed by atoms with Gasteiger partial charge in [0.2, 0.25) is 0 Å². The van der Waals surface area contributed by atoms with E-state index < -0.39 is 0 Å². The third-order valence-electron chi connectivity index (χ3n) is 5.45. The van der Waals surface area contributed by atoms with Gasteiger partial charge in [0.05, 0.1) is 29.7 Å². The molecule has 3 aromatic rings. The van der Waals surface area contributed by atoms with Crippen molar-refractivity contribution in [3.05, 3.63) is 71.5 Å². The lowest BCUT2D eigenvalue weighted by Crippen LogP contribution is -2.29. The van der Waals surface area contributed by atoms with Crippen LogP contribution in [0.15, 0.2) is 54.7 Å². The molecule has 0 spiro atoms. The highest BCUT2D eigenvalue weighted by atomic mass is 16.5. The van der Waals surface area contributed by atoms with Crippen molar-refractivity contribution in [2.75, 3.05) is 25.0 Å². The van der Waals surface area contributed by atoms with E-state index in [4.69, 9.17) is 4.74 Å². The summed E-state index contributed by atoms with van der Waals surface area (Å²) in [6.45, 7) is 6.53. The molecule has 1 saturated heterocycles. The second kappa shape index (κ2) is 9.13. The summed E-state index contributed by atoms with van der Waals surface area (Å²) in [5.41, 5.74) is 4.52. The Morgan fingerprint density at radius 1 is 1.20 bits per heavy atom. The number of aryl methyl sites for hydroxylation is 1. The van der Waals surface area contributed by atoms with E-state index in [1.54, 1.807) is 6.20 Å². The van der Waals surface area contributed by atoms with Crippen molar-refractivity contribution in [1.82, 2.24) is 15.1 Å². The van der Waals surface area contributed by atoms with Crippen LogP contribution in [0.25, 0.3) is 5.69 Å². The average Bonchev–Trinajstić information content (AvgIpc) is 3.21. The van der Waals surface area contributed by atoms with E-state index >= 15 is 0 Å². The molecule has 1 aliphatic heterocycles. The fraction of sp³-hybridized carbons (Fsp3) is 0.333. The fourth-order valence-electron chi connectivity index (χ4n) is 3.99. The van der Waals surface area contributed by atoms with Crippen LogP contribution in [0.4, 0.5) is 5.69 Å². The van der Waals surface area contributed by atoms with Crippen LogP contribution < -0.4 is 15.4 Å². The summed E-state index contributed by atoms with van der Waals surface area (Å²) in [6.07, 6.45) is 3.67. The first-order chi connectivity index (χ1) is 14.7. The Morgan fingerprint density at radius 2 is 1.97 bits per heavy atom. The monoisotopic (exact) mass is 404 g/mol. The maximum absolute atomic E-state index is 13.2. The number of benzene rings is 2. The van der Waals surface area contributed by atoms with Crippen LogP contribution in [-0.4, -0.2) is 35.4 Å². The van der Waals surface area contributed by atoms with Gasteiger partial charge in [0.15, 0.2) is 0 Å². The van der Waals surface area contributed by atoms with Gasteiger partial charge in [-0.25, -0.2) is 4.68 Å². The van der Waals surface area contributed by atoms with Crippen LogP contribution in [0.3, 0.4) is 0 Å². The molecule has 0 unspecified atom stereocenters. The maximum atomic E-state index is 13.2. The molecule has 0 aliphatic carbocycles. The number of carbonyl (C=O) groups is 1. The zero-order valence-electron chi connectivity index (χ0n) is 17.5. The van der Waals surface area contributed by atoms with Gasteiger partial charge < -0.3 is 15.4 Å². The topological polar surface area (TPSA) is 68.2 Å². The molecule has 2 aromatic carbocycles. The molecular weight excluding hydrogens is 376 g/mol. The smallest absolute Gasteiger partial charge is 0.259 e. The number of nitrogens with one attached hydrogen (secondary N) is 2. The Kier molecular flexibility index (Phi) is 6.14. The van der Waals surface area contributed by atoms with Gasteiger partial charge >= 0.3 is 0 Å². The lowest BCUT2D eigenvalue weighted by Gasteiger charge is -2.24. The van der Waals surface area contributed by atoms with Gasteiger partial charge in [0, 0.05) is 11.6 Å². The van der Waals surface area contributed by atoms with E-state index in [1.165, 1.54) is 5.56 Å². The number of carbonyl (C=O) groups excluding carboxylic acids is 1. The van der Waals surface area contributed by atoms with Crippen LogP contribution in [0, 0.1) is 6.92 Å². The number of piperidine rings is 1. The Morgan fingerprint density at radius 3 is 2.67 bits per heavy atom. The van der Waals surface area contributed by atoms with Crippen LogP contribution in [-0.2, 0) is 0 Å². The Bertz CT molecular complexity index is 1000. The van der Waals surface area contributed by atoms with Crippen molar-refractivity contribution in [1.29, 1.82) is 0 Å². The van der Waals surface area contributed by atoms with Gasteiger partial charge in [0.1, 0.15) is 5.75 Å². The zero-order chi connectivity index (χ0) is 20.9. The largest absolute Gasteiger partial charge is 0.494 e. The van der Waals surface area contributed by atoms with E-state index in [1.807, 2.05) is 48.0 Å². The molecule has 0 atom stereocenters. The number of ether oxygens (including phenoxy) is 1. The number of nitrogens with zero attached hydrogens (tertiary/aromatic N) is 2. The van der Waals surface area contributed by atoms with E-state index in [0.717, 1.165) is 48.7 Å². The van der Waals surface area contributed by atoms with Crippen LogP contribution in [0.1, 0.15) is 47.3 Å². The van der Waals surface area contributed by atoms with Crippen molar-refractivity contribution >= 4 is 11.6 Å². The minimum absolute atomic E-state index is 0.133. The van der Waals surface area contributed by atoms with E-state index in [9.17, 15) is 4.79 Å². The molecule has 0 radical (unpaired) electrons. The van der Waals surface area contributed by atoms with Crippen LogP contribution in [0.5, 0.6) is 5.75 Å². The second-order valence-electron chi connectivity index (χ2n) is 7.63. The third kappa shape index (κ3) is 4.39. The Balaban J connectivity index is 1.65. The molecule has 6 nitrogen and oxygen atoms in total. The predicted octanol–water partition coefficient (Wildman–Crippen LogP) is 4.30. The van der Waals surface area contributed by atoms with E-state index in [2.05, 4.69) is 34.8 Å². The molecule has 0 saturated carbocycles. The summed E-state index contributed by atoms with van der Waals surface area (Å²) < 4.78 is 7.42. The summed E-state index contributed by atoms with van der Waals surface area (Å²) in [4.78, 5) is 13.2. The van der Waals surface area contributed by atoms with Gasteiger partial charge in [-0.15, -0.1) is 0 Å². The average molecular weight is 405 g/mol. The van der Waals surface area contributed by atoms with Crippen molar-refractivity contribution in [3.63, 3.8) is 0 Å². The fourth-order valence-corrected chi connectivity index (χ4v) is 3.99. The molecule has 4 rings (SSSR count). The van der Waals surface area contributed by atoms with Gasteiger partial charge in [0.25, 0.3) is 5.91 Å². The Hall–Kier alpha value is -3.12. The molecule has 1 aromatic heterocycles. The van der Waals surface area contributed by atoms with E-state index in [0.29, 0.717) is 12.2 Å². The molecule has 1 amide bonds. The van der Waals surface area contributed by atoms with Crippen LogP contribution in [0.2, 0.25) is 0 Å². The highest BCUT2D eigenvalue weighted by Gasteiger charge is 2.27. The first-order valence-electron chi connectivity index (χ1n) is 10.6. The van der Waals surface area contributed by atoms with E-state index in [-0.39, 0.29) is 11.8 Å². The first kappa shape index (κ1) is 20.2. The van der Waals surface area contributed by atoms with Gasteiger partial charge in [-0.3, -0.25) is 4.79 Å². The number of anilines is 1.